The van der Waals surface area contributed by atoms with Gasteiger partial charge < -0.3 is 14.6 Å². The van der Waals surface area contributed by atoms with Gasteiger partial charge in [-0.1, -0.05) is 18.2 Å². The molecule has 2 aromatic rings. The first kappa shape index (κ1) is 9.89. The molecule has 2 N–H and O–H groups in total. The van der Waals surface area contributed by atoms with Gasteiger partial charge in [-0.15, -0.1) is 0 Å². The molecule has 1 aromatic heterocycles. The van der Waals surface area contributed by atoms with Crippen LogP contribution >= 0.6 is 0 Å². The van der Waals surface area contributed by atoms with Gasteiger partial charge in [0.15, 0.2) is 0 Å². The summed E-state index contributed by atoms with van der Waals surface area (Å²) >= 11 is 0. The number of para-hydroxylation sites is 1. The topological polar surface area (TPSA) is 70.7 Å². The molecule has 4 nitrogen and oxygen atoms in total. The lowest BCUT2D eigenvalue weighted by atomic mass is 10.1. The summed E-state index contributed by atoms with van der Waals surface area (Å²) in [5, 5.41) is 19.0. The normalized spacial score (nSPS) is 12.9. The number of rotatable bonds is 2. The van der Waals surface area contributed by atoms with Gasteiger partial charge in [0.2, 0.25) is 0 Å². The molecule has 78 valence electrons. The van der Waals surface area contributed by atoms with Crippen molar-refractivity contribution in [3.63, 3.8) is 0 Å². The molecular weight excluding hydrogens is 196 g/mol. The van der Waals surface area contributed by atoms with Crippen LogP contribution in [0.1, 0.15) is 11.7 Å². The SMILES string of the molecule is O=c1cc(C(O)CO)c2ccccc2o1. The zero-order valence-electron chi connectivity index (χ0n) is 7.88. The minimum absolute atomic E-state index is 0.393. The Bertz CT molecular complexity index is 529. The van der Waals surface area contributed by atoms with Gasteiger partial charge in [0.05, 0.1) is 6.61 Å². The summed E-state index contributed by atoms with van der Waals surface area (Å²) in [4.78, 5) is 11.2. The van der Waals surface area contributed by atoms with Crippen LogP contribution in [-0.2, 0) is 0 Å². The summed E-state index contributed by atoms with van der Waals surface area (Å²) in [6, 6.07) is 8.08. The van der Waals surface area contributed by atoms with Crippen molar-refractivity contribution in [2.45, 2.75) is 6.10 Å². The molecule has 15 heavy (non-hydrogen) atoms. The monoisotopic (exact) mass is 206 g/mol. The van der Waals surface area contributed by atoms with Crippen molar-refractivity contribution >= 4 is 11.0 Å². The summed E-state index contributed by atoms with van der Waals surface area (Å²) in [5.74, 6) is 0. The predicted molar refractivity (Wildman–Crippen MR) is 54.5 cm³/mol. The Morgan fingerprint density at radius 2 is 2.07 bits per heavy atom. The van der Waals surface area contributed by atoms with Gasteiger partial charge in [-0.25, -0.2) is 4.79 Å². The van der Waals surface area contributed by atoms with Crippen LogP contribution in [0.5, 0.6) is 0 Å². The number of aliphatic hydroxyl groups is 2. The molecule has 1 unspecified atom stereocenters. The third-order valence-electron chi connectivity index (χ3n) is 2.21. The number of benzene rings is 1. The molecule has 4 heteroatoms. The maximum absolute atomic E-state index is 11.2. The van der Waals surface area contributed by atoms with Crippen molar-refractivity contribution in [3.8, 4) is 0 Å². The fourth-order valence-corrected chi connectivity index (χ4v) is 1.51. The molecule has 0 bridgehead atoms. The van der Waals surface area contributed by atoms with E-state index in [1.54, 1.807) is 24.3 Å². The lowest BCUT2D eigenvalue weighted by Crippen LogP contribution is -2.08. The second-order valence-corrected chi connectivity index (χ2v) is 3.22. The maximum Gasteiger partial charge on any atom is 0.336 e. The van der Waals surface area contributed by atoms with Gasteiger partial charge in [-0.2, -0.15) is 0 Å². The van der Waals surface area contributed by atoms with E-state index in [4.69, 9.17) is 9.52 Å². The Balaban J connectivity index is 2.76. The lowest BCUT2D eigenvalue weighted by Gasteiger charge is -2.09. The average Bonchev–Trinajstić information content (AvgIpc) is 2.26. The van der Waals surface area contributed by atoms with Crippen molar-refractivity contribution in [2.75, 3.05) is 6.61 Å². The van der Waals surface area contributed by atoms with Crippen molar-refractivity contribution in [1.82, 2.24) is 0 Å². The highest BCUT2D eigenvalue weighted by molar-refractivity contribution is 5.80. The number of hydrogen-bond acceptors (Lipinski definition) is 4. The molecule has 0 saturated heterocycles. The Hall–Kier alpha value is -1.65. The second-order valence-electron chi connectivity index (χ2n) is 3.22. The Morgan fingerprint density at radius 1 is 1.33 bits per heavy atom. The van der Waals surface area contributed by atoms with Gasteiger partial charge in [0.1, 0.15) is 11.7 Å². The summed E-state index contributed by atoms with van der Waals surface area (Å²) in [5.41, 5.74) is 0.271. The first-order chi connectivity index (χ1) is 7.22. The summed E-state index contributed by atoms with van der Waals surface area (Å²) < 4.78 is 4.95. The van der Waals surface area contributed by atoms with Gasteiger partial charge in [-0.05, 0) is 6.07 Å². The molecule has 0 fully saturated rings. The molecule has 2 rings (SSSR count). The van der Waals surface area contributed by atoms with Crippen molar-refractivity contribution in [1.29, 1.82) is 0 Å². The molecule has 1 heterocycles. The summed E-state index contributed by atoms with van der Waals surface area (Å²) in [6.07, 6.45) is -1.06. The first-order valence-corrected chi connectivity index (χ1v) is 4.54. The maximum atomic E-state index is 11.2. The molecule has 0 radical (unpaired) electrons. The van der Waals surface area contributed by atoms with Crippen LogP contribution in [-0.4, -0.2) is 16.8 Å². The van der Waals surface area contributed by atoms with E-state index in [-0.39, 0.29) is 0 Å². The van der Waals surface area contributed by atoms with Crippen LogP contribution in [0.25, 0.3) is 11.0 Å². The molecule has 0 aliphatic rings. The quantitative estimate of drug-likeness (QED) is 0.713. The van der Waals surface area contributed by atoms with E-state index in [0.29, 0.717) is 16.5 Å². The van der Waals surface area contributed by atoms with Crippen LogP contribution in [0.3, 0.4) is 0 Å². The Morgan fingerprint density at radius 3 is 2.80 bits per heavy atom. The lowest BCUT2D eigenvalue weighted by molar-refractivity contribution is 0.0963. The summed E-state index contributed by atoms with van der Waals surface area (Å²) in [7, 11) is 0. The molecule has 0 aliphatic heterocycles. The van der Waals surface area contributed by atoms with Crippen molar-refractivity contribution in [3.05, 3.63) is 46.3 Å². The van der Waals surface area contributed by atoms with E-state index in [2.05, 4.69) is 0 Å². The third-order valence-corrected chi connectivity index (χ3v) is 2.21. The minimum atomic E-state index is -1.06. The number of aliphatic hydroxyl groups excluding tert-OH is 2. The highest BCUT2D eigenvalue weighted by Gasteiger charge is 2.12. The van der Waals surface area contributed by atoms with E-state index < -0.39 is 18.3 Å². The highest BCUT2D eigenvalue weighted by atomic mass is 16.4. The standard InChI is InChI=1S/C11H10O4/c12-6-9(13)8-5-11(14)15-10-4-2-1-3-7(8)10/h1-5,9,12-13H,6H2. The van der Waals surface area contributed by atoms with Crippen LogP contribution in [0.2, 0.25) is 0 Å². The Labute approximate surface area is 85.4 Å². The second kappa shape index (κ2) is 3.84. The van der Waals surface area contributed by atoms with Crippen molar-refractivity contribution < 1.29 is 14.6 Å². The molecule has 1 aromatic carbocycles. The summed E-state index contributed by atoms with van der Waals surface area (Å²) in [6.45, 7) is -0.423. The Kier molecular flexibility index (Phi) is 2.53. The van der Waals surface area contributed by atoms with Gasteiger partial charge in [-0.3, -0.25) is 0 Å². The zero-order valence-corrected chi connectivity index (χ0v) is 7.88. The minimum Gasteiger partial charge on any atom is -0.423 e. The van der Waals surface area contributed by atoms with Crippen LogP contribution in [0, 0.1) is 0 Å². The van der Waals surface area contributed by atoms with Crippen LogP contribution < -0.4 is 5.63 Å². The van der Waals surface area contributed by atoms with E-state index >= 15 is 0 Å². The highest BCUT2D eigenvalue weighted by Crippen LogP contribution is 2.21. The first-order valence-electron chi connectivity index (χ1n) is 4.54. The van der Waals surface area contributed by atoms with Gasteiger partial charge in [0.25, 0.3) is 0 Å². The fraction of sp³-hybridized carbons (Fsp3) is 0.182. The third kappa shape index (κ3) is 1.77. The number of hydrogen-bond donors (Lipinski definition) is 2. The fourth-order valence-electron chi connectivity index (χ4n) is 1.51. The van der Waals surface area contributed by atoms with Gasteiger partial charge in [0, 0.05) is 17.0 Å². The van der Waals surface area contributed by atoms with Crippen LogP contribution in [0.15, 0.2) is 39.5 Å². The largest absolute Gasteiger partial charge is 0.423 e. The molecular formula is C11H10O4. The molecule has 0 amide bonds. The molecule has 0 saturated carbocycles. The average molecular weight is 206 g/mol. The van der Waals surface area contributed by atoms with Gasteiger partial charge >= 0.3 is 5.63 Å². The number of fused-ring (bicyclic) bond motifs is 1. The van der Waals surface area contributed by atoms with E-state index in [1.165, 1.54) is 6.07 Å². The van der Waals surface area contributed by atoms with Crippen LogP contribution in [0.4, 0.5) is 0 Å². The van der Waals surface area contributed by atoms with E-state index in [1.807, 2.05) is 0 Å². The van der Waals surface area contributed by atoms with Crippen molar-refractivity contribution in [2.24, 2.45) is 0 Å². The van der Waals surface area contributed by atoms with E-state index in [9.17, 15) is 9.90 Å². The predicted octanol–water partition coefficient (Wildman–Crippen LogP) is 0.819. The molecule has 0 spiro atoms. The molecule has 0 aliphatic carbocycles. The zero-order chi connectivity index (χ0) is 10.8. The van der Waals surface area contributed by atoms with E-state index in [0.717, 1.165) is 0 Å². The molecule has 1 atom stereocenters. The smallest absolute Gasteiger partial charge is 0.336 e.